The molecule has 2 fully saturated rings. The molecule has 2 aliphatic rings. The van der Waals surface area contributed by atoms with Crippen molar-refractivity contribution in [2.45, 2.75) is 43.8 Å². The summed E-state index contributed by atoms with van der Waals surface area (Å²) in [4.78, 5) is 20.1. The zero-order valence-electron chi connectivity index (χ0n) is 16.4. The number of aryl methyl sites for hydroxylation is 1. The number of benzene rings is 1. The summed E-state index contributed by atoms with van der Waals surface area (Å²) in [6.07, 6.45) is 8.17. The van der Waals surface area contributed by atoms with Crippen molar-refractivity contribution in [3.05, 3.63) is 54.4 Å². The van der Waals surface area contributed by atoms with Crippen LogP contribution in [0.4, 0.5) is 0 Å². The molecule has 0 aliphatic carbocycles. The van der Waals surface area contributed by atoms with E-state index in [0.29, 0.717) is 12.1 Å². The maximum atomic E-state index is 13.5. The van der Waals surface area contributed by atoms with Gasteiger partial charge in [-0.1, -0.05) is 18.2 Å². The molecular weight excluding hydrogens is 348 g/mol. The van der Waals surface area contributed by atoms with E-state index >= 15 is 0 Å². The van der Waals surface area contributed by atoms with Crippen molar-refractivity contribution in [1.82, 2.24) is 19.8 Å². The Bertz CT molecular complexity index is 1010. The SMILES string of the molecule is CN1[C@@H]2CC[C@H]1CC(NC(=O)c1c(-c3ccncc3)n(C)c3ccccc13)C2. The first-order valence-corrected chi connectivity index (χ1v) is 10.1. The molecule has 4 heterocycles. The Morgan fingerprint density at radius 1 is 1.04 bits per heavy atom. The third-order valence-electron chi connectivity index (χ3n) is 6.72. The molecule has 1 amide bonds. The van der Waals surface area contributed by atoms with Crippen molar-refractivity contribution in [1.29, 1.82) is 0 Å². The van der Waals surface area contributed by atoms with Gasteiger partial charge in [0.05, 0.1) is 11.3 Å². The number of rotatable bonds is 3. The number of carbonyl (C=O) groups excluding carboxylic acids is 1. The Hall–Kier alpha value is -2.66. The van der Waals surface area contributed by atoms with Gasteiger partial charge in [-0.25, -0.2) is 0 Å². The third-order valence-corrected chi connectivity index (χ3v) is 6.72. The van der Waals surface area contributed by atoms with Crippen LogP contribution in [0.5, 0.6) is 0 Å². The molecule has 2 aromatic heterocycles. The van der Waals surface area contributed by atoms with E-state index < -0.39 is 0 Å². The van der Waals surface area contributed by atoms with Gasteiger partial charge in [0.15, 0.2) is 0 Å². The van der Waals surface area contributed by atoms with E-state index in [1.54, 1.807) is 12.4 Å². The number of pyridine rings is 1. The summed E-state index contributed by atoms with van der Waals surface area (Å²) in [7, 11) is 4.26. The van der Waals surface area contributed by atoms with Crippen molar-refractivity contribution >= 4 is 16.8 Å². The number of hydrogen-bond donors (Lipinski definition) is 1. The van der Waals surface area contributed by atoms with Crippen LogP contribution in [-0.2, 0) is 7.05 Å². The lowest BCUT2D eigenvalue weighted by Gasteiger charge is -2.36. The number of hydrogen-bond acceptors (Lipinski definition) is 3. The van der Waals surface area contributed by atoms with Gasteiger partial charge in [0.2, 0.25) is 0 Å². The highest BCUT2D eigenvalue weighted by Gasteiger charge is 2.39. The number of nitrogens with one attached hydrogen (secondary N) is 1. The number of para-hydroxylation sites is 1. The van der Waals surface area contributed by atoms with E-state index in [1.807, 2.05) is 37.4 Å². The minimum Gasteiger partial charge on any atom is -0.349 e. The van der Waals surface area contributed by atoms with Gasteiger partial charge in [0, 0.05) is 54.0 Å². The van der Waals surface area contributed by atoms with Gasteiger partial charge in [-0.2, -0.15) is 0 Å². The van der Waals surface area contributed by atoms with Crippen LogP contribution in [0.3, 0.4) is 0 Å². The Morgan fingerprint density at radius 2 is 1.71 bits per heavy atom. The first-order chi connectivity index (χ1) is 13.6. The van der Waals surface area contributed by atoms with Crippen LogP contribution in [0, 0.1) is 0 Å². The normalized spacial score (nSPS) is 24.6. The smallest absolute Gasteiger partial charge is 0.254 e. The number of piperidine rings is 1. The highest BCUT2D eigenvalue weighted by atomic mass is 16.1. The molecule has 3 atom stereocenters. The maximum absolute atomic E-state index is 13.5. The molecule has 5 heteroatoms. The van der Waals surface area contributed by atoms with E-state index in [4.69, 9.17) is 0 Å². The number of aromatic nitrogens is 2. The molecule has 5 rings (SSSR count). The minimum absolute atomic E-state index is 0.0394. The van der Waals surface area contributed by atoms with Gasteiger partial charge in [-0.3, -0.25) is 9.78 Å². The molecule has 5 nitrogen and oxygen atoms in total. The second-order valence-corrected chi connectivity index (χ2v) is 8.23. The van der Waals surface area contributed by atoms with Gasteiger partial charge >= 0.3 is 0 Å². The van der Waals surface area contributed by atoms with Crippen LogP contribution in [-0.4, -0.2) is 45.5 Å². The fourth-order valence-electron chi connectivity index (χ4n) is 5.26. The van der Waals surface area contributed by atoms with E-state index in [0.717, 1.165) is 40.6 Å². The third kappa shape index (κ3) is 2.73. The van der Waals surface area contributed by atoms with E-state index in [-0.39, 0.29) is 11.9 Å². The predicted molar refractivity (Wildman–Crippen MR) is 111 cm³/mol. The fourth-order valence-corrected chi connectivity index (χ4v) is 5.26. The van der Waals surface area contributed by atoms with Crippen molar-refractivity contribution in [2.24, 2.45) is 7.05 Å². The lowest BCUT2D eigenvalue weighted by molar-refractivity contribution is 0.0884. The number of amides is 1. The molecule has 0 saturated carbocycles. The van der Waals surface area contributed by atoms with Crippen LogP contribution in [0.15, 0.2) is 48.8 Å². The molecule has 2 bridgehead atoms. The summed E-state index contributed by atoms with van der Waals surface area (Å²) in [5.41, 5.74) is 3.82. The summed E-state index contributed by atoms with van der Waals surface area (Å²) in [6.45, 7) is 0. The van der Waals surface area contributed by atoms with Crippen LogP contribution < -0.4 is 5.32 Å². The molecule has 1 unspecified atom stereocenters. The van der Waals surface area contributed by atoms with Crippen LogP contribution in [0.1, 0.15) is 36.0 Å². The Morgan fingerprint density at radius 3 is 2.43 bits per heavy atom. The molecule has 0 spiro atoms. The quantitative estimate of drug-likeness (QED) is 0.762. The number of nitrogens with zero attached hydrogens (tertiary/aromatic N) is 3. The monoisotopic (exact) mass is 374 g/mol. The fraction of sp³-hybridized carbons (Fsp3) is 0.391. The largest absolute Gasteiger partial charge is 0.349 e. The zero-order valence-corrected chi connectivity index (χ0v) is 16.4. The molecule has 0 radical (unpaired) electrons. The van der Waals surface area contributed by atoms with Crippen LogP contribution in [0.25, 0.3) is 22.2 Å². The second kappa shape index (κ2) is 6.74. The topological polar surface area (TPSA) is 50.2 Å². The van der Waals surface area contributed by atoms with Gasteiger partial charge in [-0.05, 0) is 50.9 Å². The second-order valence-electron chi connectivity index (χ2n) is 8.23. The van der Waals surface area contributed by atoms with E-state index in [9.17, 15) is 4.79 Å². The summed E-state index contributed by atoms with van der Waals surface area (Å²) < 4.78 is 2.12. The first kappa shape index (κ1) is 17.4. The minimum atomic E-state index is 0.0394. The van der Waals surface area contributed by atoms with Gasteiger partial charge in [0.1, 0.15) is 0 Å². The maximum Gasteiger partial charge on any atom is 0.254 e. The summed E-state index contributed by atoms with van der Waals surface area (Å²) >= 11 is 0. The van der Waals surface area contributed by atoms with Gasteiger partial charge < -0.3 is 14.8 Å². The number of fused-ring (bicyclic) bond motifs is 3. The molecule has 2 aliphatic heterocycles. The highest BCUT2D eigenvalue weighted by molar-refractivity contribution is 6.12. The van der Waals surface area contributed by atoms with Crippen molar-refractivity contribution in [3.8, 4) is 11.3 Å². The molecule has 1 N–H and O–H groups in total. The molecule has 2 saturated heterocycles. The summed E-state index contributed by atoms with van der Waals surface area (Å²) in [6, 6.07) is 13.6. The standard InChI is InChI=1S/C23H26N4O/c1-26-17-7-8-18(26)14-16(13-17)25-23(28)21-19-5-3-4-6-20(19)27(2)22(21)15-9-11-24-12-10-15/h3-6,9-12,16-18H,7-8,13-14H2,1-2H3,(H,25,28)/t16?,17-,18+. The predicted octanol–water partition coefficient (Wildman–Crippen LogP) is 3.60. The van der Waals surface area contributed by atoms with Crippen LogP contribution >= 0.6 is 0 Å². The first-order valence-electron chi connectivity index (χ1n) is 10.1. The van der Waals surface area contributed by atoms with Gasteiger partial charge in [0.25, 0.3) is 5.91 Å². The molecule has 144 valence electrons. The Kier molecular flexibility index (Phi) is 4.20. The summed E-state index contributed by atoms with van der Waals surface area (Å²) in [5.74, 6) is 0.0394. The van der Waals surface area contributed by atoms with Gasteiger partial charge in [-0.15, -0.1) is 0 Å². The molecular formula is C23H26N4O. The zero-order chi connectivity index (χ0) is 19.3. The van der Waals surface area contributed by atoms with Crippen LogP contribution in [0.2, 0.25) is 0 Å². The number of carbonyl (C=O) groups is 1. The Balaban J connectivity index is 1.54. The lowest BCUT2D eigenvalue weighted by atomic mass is 9.97. The van der Waals surface area contributed by atoms with Crippen molar-refractivity contribution < 1.29 is 4.79 Å². The Labute approximate surface area is 165 Å². The van der Waals surface area contributed by atoms with E-state index in [2.05, 4.69) is 32.9 Å². The average Bonchev–Trinajstić information content (AvgIpc) is 3.10. The molecule has 28 heavy (non-hydrogen) atoms. The highest BCUT2D eigenvalue weighted by Crippen LogP contribution is 2.36. The summed E-state index contributed by atoms with van der Waals surface area (Å²) in [5, 5.41) is 4.38. The molecule has 1 aromatic carbocycles. The van der Waals surface area contributed by atoms with Crippen molar-refractivity contribution in [2.75, 3.05) is 7.05 Å². The molecule has 3 aromatic rings. The van der Waals surface area contributed by atoms with E-state index in [1.165, 1.54) is 12.8 Å². The lowest BCUT2D eigenvalue weighted by Crippen LogP contribution is -2.48. The van der Waals surface area contributed by atoms with Crippen molar-refractivity contribution in [3.63, 3.8) is 0 Å². The average molecular weight is 374 g/mol.